The predicted molar refractivity (Wildman–Crippen MR) is 207 cm³/mol. The van der Waals surface area contributed by atoms with Gasteiger partial charge in [-0.15, -0.1) is 0 Å². The molecule has 0 atom stereocenters. The van der Waals surface area contributed by atoms with Crippen LogP contribution in [0, 0.1) is 0 Å². The Morgan fingerprint density at radius 3 is 0.521 bits per heavy atom. The van der Waals surface area contributed by atoms with E-state index in [2.05, 4.69) is 187 Å². The van der Waals surface area contributed by atoms with Gasteiger partial charge in [-0.25, -0.2) is 0 Å². The summed E-state index contributed by atoms with van der Waals surface area (Å²) in [4.78, 5) is 13.5. The Labute approximate surface area is 292 Å². The lowest BCUT2D eigenvalue weighted by Crippen LogP contribution is -2.13. The standard InChI is InChI=1S/C42H60N6/c1-43(2)25-31-13-32(26-44(3)4)17-37(16-31)40-22-41(38-18-33(27-45(5)6)14-34(19-38)28-46(7)8)24-42(23-40)39-20-35(29-47(9)10)15-36(21-39)30-48(11)12/h13-24H,25-30H2,1-12H3. The second kappa shape index (κ2) is 16.8. The molecule has 0 heterocycles. The molecule has 4 rings (SSSR count). The molecular weight excluding hydrogens is 589 g/mol. The van der Waals surface area contributed by atoms with E-state index >= 15 is 0 Å². The molecule has 6 heteroatoms. The maximum Gasteiger partial charge on any atom is 0.0227 e. The number of benzene rings is 4. The van der Waals surface area contributed by atoms with Gasteiger partial charge in [0.2, 0.25) is 0 Å². The fourth-order valence-corrected chi connectivity index (χ4v) is 6.65. The molecule has 4 aromatic carbocycles. The van der Waals surface area contributed by atoms with E-state index in [1.807, 2.05) is 0 Å². The third-order valence-corrected chi connectivity index (χ3v) is 8.08. The van der Waals surface area contributed by atoms with Gasteiger partial charge >= 0.3 is 0 Å². The van der Waals surface area contributed by atoms with Crippen molar-refractivity contribution in [1.29, 1.82) is 0 Å². The van der Waals surface area contributed by atoms with Crippen molar-refractivity contribution in [3.63, 3.8) is 0 Å². The van der Waals surface area contributed by atoms with Gasteiger partial charge in [-0.2, -0.15) is 0 Å². The molecule has 0 saturated carbocycles. The molecule has 0 aliphatic heterocycles. The zero-order valence-corrected chi connectivity index (χ0v) is 31.9. The monoisotopic (exact) mass is 648 g/mol. The predicted octanol–water partition coefficient (Wildman–Crippen LogP) is 7.06. The second-order valence-corrected chi connectivity index (χ2v) is 15.3. The summed E-state index contributed by atoms with van der Waals surface area (Å²) in [5.41, 5.74) is 15.6. The van der Waals surface area contributed by atoms with Crippen LogP contribution in [-0.2, 0) is 39.3 Å². The van der Waals surface area contributed by atoms with Crippen LogP contribution < -0.4 is 0 Å². The minimum absolute atomic E-state index is 0.905. The SMILES string of the molecule is CN(C)Cc1cc(CN(C)C)cc(-c2cc(-c3cc(CN(C)C)cc(CN(C)C)c3)cc(-c3cc(CN(C)C)cc(CN(C)C)c3)c2)c1. The van der Waals surface area contributed by atoms with Crippen LogP contribution in [0.25, 0.3) is 33.4 Å². The topological polar surface area (TPSA) is 19.4 Å². The highest BCUT2D eigenvalue weighted by Gasteiger charge is 2.14. The van der Waals surface area contributed by atoms with Crippen LogP contribution in [0.3, 0.4) is 0 Å². The average Bonchev–Trinajstić information content (AvgIpc) is 2.94. The first-order valence-electron chi connectivity index (χ1n) is 17.1. The summed E-state index contributed by atoms with van der Waals surface area (Å²) < 4.78 is 0. The molecule has 0 spiro atoms. The van der Waals surface area contributed by atoms with Crippen molar-refractivity contribution in [2.75, 3.05) is 84.6 Å². The first kappa shape index (κ1) is 37.5. The van der Waals surface area contributed by atoms with Crippen molar-refractivity contribution in [3.8, 4) is 33.4 Å². The van der Waals surface area contributed by atoms with Crippen molar-refractivity contribution in [2.45, 2.75) is 39.3 Å². The summed E-state index contributed by atoms with van der Waals surface area (Å²) >= 11 is 0. The molecule has 0 N–H and O–H groups in total. The summed E-state index contributed by atoms with van der Waals surface area (Å²) in [6.45, 7) is 5.43. The molecule has 258 valence electrons. The van der Waals surface area contributed by atoms with Gasteiger partial charge in [0.25, 0.3) is 0 Å². The number of hydrogen-bond acceptors (Lipinski definition) is 6. The van der Waals surface area contributed by atoms with Gasteiger partial charge in [0.05, 0.1) is 0 Å². The van der Waals surface area contributed by atoms with Crippen LogP contribution in [-0.4, -0.2) is 114 Å². The van der Waals surface area contributed by atoms with Crippen molar-refractivity contribution < 1.29 is 0 Å². The quantitative estimate of drug-likeness (QED) is 0.137. The van der Waals surface area contributed by atoms with E-state index in [0.717, 1.165) is 39.3 Å². The van der Waals surface area contributed by atoms with Crippen LogP contribution in [0.1, 0.15) is 33.4 Å². The van der Waals surface area contributed by atoms with Gasteiger partial charge in [0.1, 0.15) is 0 Å². The van der Waals surface area contributed by atoms with E-state index in [1.165, 1.54) is 66.8 Å². The van der Waals surface area contributed by atoms with Gasteiger partial charge in [-0.05, 0) is 206 Å². The summed E-state index contributed by atoms with van der Waals surface area (Å²) in [5, 5.41) is 0. The Hall–Kier alpha value is -3.36. The van der Waals surface area contributed by atoms with Crippen LogP contribution >= 0.6 is 0 Å². The minimum atomic E-state index is 0.905. The molecule has 0 unspecified atom stereocenters. The molecule has 0 fully saturated rings. The molecule has 0 bridgehead atoms. The highest BCUT2D eigenvalue weighted by molar-refractivity contribution is 5.82. The lowest BCUT2D eigenvalue weighted by atomic mass is 9.90. The fraction of sp³-hybridized carbons (Fsp3) is 0.429. The Morgan fingerprint density at radius 1 is 0.229 bits per heavy atom. The Balaban J connectivity index is 2.01. The zero-order chi connectivity index (χ0) is 35.1. The highest BCUT2D eigenvalue weighted by atomic mass is 15.1. The Kier molecular flexibility index (Phi) is 13.1. The zero-order valence-electron chi connectivity index (χ0n) is 31.9. The maximum absolute atomic E-state index is 2.41. The number of hydrogen-bond donors (Lipinski definition) is 0. The lowest BCUT2D eigenvalue weighted by molar-refractivity contribution is 0.395. The van der Waals surface area contributed by atoms with Crippen molar-refractivity contribution in [2.24, 2.45) is 0 Å². The molecule has 4 aromatic rings. The molecule has 6 nitrogen and oxygen atoms in total. The largest absolute Gasteiger partial charge is 0.305 e. The van der Waals surface area contributed by atoms with Crippen LogP contribution in [0.4, 0.5) is 0 Å². The minimum Gasteiger partial charge on any atom is -0.305 e. The molecule has 0 radical (unpaired) electrons. The lowest BCUT2D eigenvalue weighted by Gasteiger charge is -2.19. The van der Waals surface area contributed by atoms with E-state index in [1.54, 1.807) is 0 Å². The third kappa shape index (κ3) is 11.4. The van der Waals surface area contributed by atoms with E-state index in [4.69, 9.17) is 0 Å². The van der Waals surface area contributed by atoms with Crippen LogP contribution in [0.5, 0.6) is 0 Å². The van der Waals surface area contributed by atoms with Gasteiger partial charge in [-0.1, -0.05) is 18.2 Å². The van der Waals surface area contributed by atoms with Crippen molar-refractivity contribution in [1.82, 2.24) is 29.4 Å². The first-order valence-corrected chi connectivity index (χ1v) is 17.1. The van der Waals surface area contributed by atoms with Crippen molar-refractivity contribution >= 4 is 0 Å². The molecule has 0 saturated heterocycles. The van der Waals surface area contributed by atoms with Gasteiger partial charge < -0.3 is 29.4 Å². The van der Waals surface area contributed by atoms with Gasteiger partial charge in [0, 0.05) is 39.3 Å². The summed E-state index contributed by atoms with van der Waals surface area (Å²) in [6, 6.07) is 28.7. The Morgan fingerprint density at radius 2 is 0.375 bits per heavy atom. The van der Waals surface area contributed by atoms with E-state index in [0.29, 0.717) is 0 Å². The summed E-state index contributed by atoms with van der Waals surface area (Å²) in [7, 11) is 25.8. The fourth-order valence-electron chi connectivity index (χ4n) is 6.65. The van der Waals surface area contributed by atoms with Gasteiger partial charge in [0.15, 0.2) is 0 Å². The van der Waals surface area contributed by atoms with E-state index in [9.17, 15) is 0 Å². The molecule has 0 amide bonds. The Bertz CT molecular complexity index is 1360. The van der Waals surface area contributed by atoms with Gasteiger partial charge in [-0.3, -0.25) is 0 Å². The molecule has 0 aromatic heterocycles. The average molecular weight is 649 g/mol. The molecule has 0 aliphatic carbocycles. The molecule has 48 heavy (non-hydrogen) atoms. The van der Waals surface area contributed by atoms with Crippen LogP contribution in [0.2, 0.25) is 0 Å². The molecular formula is C42H60N6. The summed E-state index contributed by atoms with van der Waals surface area (Å²) in [5.74, 6) is 0. The molecule has 0 aliphatic rings. The van der Waals surface area contributed by atoms with Crippen molar-refractivity contribution in [3.05, 3.63) is 106 Å². The smallest absolute Gasteiger partial charge is 0.0227 e. The van der Waals surface area contributed by atoms with Crippen LogP contribution in [0.15, 0.2) is 72.8 Å². The van der Waals surface area contributed by atoms with E-state index in [-0.39, 0.29) is 0 Å². The van der Waals surface area contributed by atoms with E-state index < -0.39 is 0 Å². The first-order chi connectivity index (χ1) is 22.6. The normalized spacial score (nSPS) is 12.1. The number of rotatable bonds is 15. The maximum atomic E-state index is 2.41. The number of nitrogens with zero attached hydrogens (tertiary/aromatic N) is 6. The third-order valence-electron chi connectivity index (χ3n) is 8.08. The highest BCUT2D eigenvalue weighted by Crippen LogP contribution is 2.36. The second-order valence-electron chi connectivity index (χ2n) is 15.3. The summed E-state index contributed by atoms with van der Waals surface area (Å²) in [6.07, 6.45) is 0.